The number of carbonyl (C=O) groups is 1. The molecule has 5 heteroatoms. The highest BCUT2D eigenvalue weighted by atomic mass is 79.9. The Morgan fingerprint density at radius 1 is 1.53 bits per heavy atom. The third-order valence-corrected chi connectivity index (χ3v) is 4.24. The van der Waals surface area contributed by atoms with Gasteiger partial charge in [-0.3, -0.25) is 10.1 Å². The maximum absolute atomic E-state index is 10.8. The van der Waals surface area contributed by atoms with Crippen LogP contribution in [0.4, 0.5) is 0 Å². The van der Waals surface area contributed by atoms with Crippen LogP contribution >= 0.6 is 27.7 Å². The van der Waals surface area contributed by atoms with Gasteiger partial charge in [-0.1, -0.05) is 34.1 Å². The van der Waals surface area contributed by atoms with E-state index < -0.39 is 12.0 Å². The summed E-state index contributed by atoms with van der Waals surface area (Å²) in [7, 11) is 0. The molecule has 80 valence electrons. The van der Waals surface area contributed by atoms with Crippen molar-refractivity contribution in [3.63, 3.8) is 0 Å². The van der Waals surface area contributed by atoms with Crippen molar-refractivity contribution in [2.75, 3.05) is 5.75 Å². The van der Waals surface area contributed by atoms with E-state index >= 15 is 0 Å². The van der Waals surface area contributed by atoms with E-state index in [1.165, 1.54) is 0 Å². The Labute approximate surface area is 100 Å². The summed E-state index contributed by atoms with van der Waals surface area (Å²) in [5.74, 6) is -0.168. The third-order valence-electron chi connectivity index (χ3n) is 2.27. The van der Waals surface area contributed by atoms with Crippen LogP contribution in [0.15, 0.2) is 28.7 Å². The highest BCUT2D eigenvalue weighted by molar-refractivity contribution is 9.10. The molecule has 1 aliphatic rings. The van der Waals surface area contributed by atoms with Crippen LogP contribution in [0.2, 0.25) is 0 Å². The van der Waals surface area contributed by atoms with Gasteiger partial charge in [-0.25, -0.2) is 0 Å². The van der Waals surface area contributed by atoms with Crippen molar-refractivity contribution in [3.05, 3.63) is 34.3 Å². The number of hydrogen-bond acceptors (Lipinski definition) is 3. The average molecular weight is 288 g/mol. The molecule has 1 aromatic rings. The summed E-state index contributed by atoms with van der Waals surface area (Å²) in [6.07, 6.45) is 0. The maximum atomic E-state index is 10.8. The van der Waals surface area contributed by atoms with E-state index in [4.69, 9.17) is 5.11 Å². The van der Waals surface area contributed by atoms with E-state index in [0.29, 0.717) is 5.75 Å². The zero-order valence-corrected chi connectivity index (χ0v) is 10.2. The zero-order valence-electron chi connectivity index (χ0n) is 7.81. The van der Waals surface area contributed by atoms with Crippen molar-refractivity contribution in [3.8, 4) is 0 Å². The first-order valence-corrected chi connectivity index (χ1v) is 6.37. The third kappa shape index (κ3) is 2.35. The predicted molar refractivity (Wildman–Crippen MR) is 63.9 cm³/mol. The van der Waals surface area contributed by atoms with Gasteiger partial charge in [0.25, 0.3) is 0 Å². The molecule has 1 saturated heterocycles. The molecule has 0 radical (unpaired) electrons. The highest BCUT2D eigenvalue weighted by Gasteiger charge is 2.30. The van der Waals surface area contributed by atoms with Gasteiger partial charge >= 0.3 is 5.97 Å². The fourth-order valence-corrected chi connectivity index (χ4v) is 3.42. The van der Waals surface area contributed by atoms with Gasteiger partial charge in [0.2, 0.25) is 0 Å². The van der Waals surface area contributed by atoms with E-state index in [9.17, 15) is 4.79 Å². The molecule has 2 N–H and O–H groups in total. The van der Waals surface area contributed by atoms with Gasteiger partial charge < -0.3 is 5.11 Å². The van der Waals surface area contributed by atoms with Crippen molar-refractivity contribution in [2.45, 2.75) is 11.4 Å². The number of thioether (sulfide) groups is 1. The maximum Gasteiger partial charge on any atom is 0.321 e. The number of hydrogen-bond donors (Lipinski definition) is 2. The minimum Gasteiger partial charge on any atom is -0.480 e. The first kappa shape index (κ1) is 11.0. The molecular weight excluding hydrogens is 278 g/mol. The summed E-state index contributed by atoms with van der Waals surface area (Å²) in [5.41, 5.74) is 1.10. The SMILES string of the molecule is O=C(O)[C@@H]1CSC(c2ccccc2Br)N1. The summed E-state index contributed by atoms with van der Waals surface area (Å²) in [4.78, 5) is 10.8. The monoisotopic (exact) mass is 287 g/mol. The number of carboxylic acid groups (broad SMARTS) is 1. The molecule has 0 saturated carbocycles. The number of halogens is 1. The first-order valence-electron chi connectivity index (χ1n) is 4.53. The molecule has 2 atom stereocenters. The average Bonchev–Trinajstić information content (AvgIpc) is 2.67. The van der Waals surface area contributed by atoms with Crippen LogP contribution in [-0.4, -0.2) is 22.9 Å². The zero-order chi connectivity index (χ0) is 10.8. The molecule has 1 aromatic carbocycles. The molecule has 0 amide bonds. The van der Waals surface area contributed by atoms with Gasteiger partial charge in [0.05, 0.1) is 5.37 Å². The van der Waals surface area contributed by atoms with Crippen molar-refractivity contribution in [1.82, 2.24) is 5.32 Å². The quantitative estimate of drug-likeness (QED) is 0.876. The molecule has 0 spiro atoms. The molecule has 3 nitrogen and oxygen atoms in total. The van der Waals surface area contributed by atoms with Gasteiger partial charge in [-0.15, -0.1) is 11.8 Å². The number of carboxylic acids is 1. The first-order chi connectivity index (χ1) is 7.18. The van der Waals surface area contributed by atoms with Crippen LogP contribution in [0.1, 0.15) is 10.9 Å². The Balaban J connectivity index is 2.14. The van der Waals surface area contributed by atoms with E-state index in [0.717, 1.165) is 10.0 Å². The fourth-order valence-electron chi connectivity index (χ4n) is 1.48. The van der Waals surface area contributed by atoms with Gasteiger partial charge in [-0.05, 0) is 11.6 Å². The van der Waals surface area contributed by atoms with Crippen LogP contribution in [0.5, 0.6) is 0 Å². The second kappa shape index (κ2) is 4.55. The molecule has 1 aliphatic heterocycles. The standard InChI is InChI=1S/C10H10BrNO2S/c11-7-4-2-1-3-6(7)9-12-8(5-15-9)10(13)14/h1-4,8-9,12H,5H2,(H,13,14)/t8-,9?/m0/s1. The van der Waals surface area contributed by atoms with Crippen LogP contribution in [0.3, 0.4) is 0 Å². The second-order valence-corrected chi connectivity index (χ2v) is 5.28. The lowest BCUT2D eigenvalue weighted by Crippen LogP contribution is -2.33. The van der Waals surface area contributed by atoms with Crippen LogP contribution in [-0.2, 0) is 4.79 Å². The second-order valence-electron chi connectivity index (χ2n) is 3.29. The Bertz CT molecular complexity index is 385. The Kier molecular flexibility index (Phi) is 3.33. The van der Waals surface area contributed by atoms with Crippen molar-refractivity contribution in [2.24, 2.45) is 0 Å². The highest BCUT2D eigenvalue weighted by Crippen LogP contribution is 2.36. The lowest BCUT2D eigenvalue weighted by Gasteiger charge is -2.12. The Morgan fingerprint density at radius 3 is 2.87 bits per heavy atom. The van der Waals surface area contributed by atoms with Crippen molar-refractivity contribution >= 4 is 33.7 Å². The number of benzene rings is 1. The van der Waals surface area contributed by atoms with E-state index in [2.05, 4.69) is 21.2 Å². The fraction of sp³-hybridized carbons (Fsp3) is 0.300. The summed E-state index contributed by atoms with van der Waals surface area (Å²) in [6.45, 7) is 0. The predicted octanol–water partition coefficient (Wildman–Crippen LogP) is 2.24. The number of aliphatic carboxylic acids is 1. The molecule has 15 heavy (non-hydrogen) atoms. The molecule has 1 unspecified atom stereocenters. The molecular formula is C10H10BrNO2S. The Hall–Kier alpha value is -0.520. The molecule has 0 bridgehead atoms. The summed E-state index contributed by atoms with van der Waals surface area (Å²) < 4.78 is 1.01. The molecule has 0 aliphatic carbocycles. The van der Waals surface area contributed by atoms with Gasteiger partial charge in [0.1, 0.15) is 6.04 Å². The topological polar surface area (TPSA) is 49.3 Å². The molecule has 2 rings (SSSR count). The van der Waals surface area contributed by atoms with Gasteiger partial charge in [0.15, 0.2) is 0 Å². The van der Waals surface area contributed by atoms with Crippen molar-refractivity contribution < 1.29 is 9.90 Å². The molecule has 1 fully saturated rings. The molecule has 0 aromatic heterocycles. The largest absolute Gasteiger partial charge is 0.480 e. The summed E-state index contributed by atoms with van der Waals surface area (Å²) in [6, 6.07) is 7.43. The normalized spacial score (nSPS) is 25.4. The Morgan fingerprint density at radius 2 is 2.27 bits per heavy atom. The van der Waals surface area contributed by atoms with E-state index in [1.807, 2.05) is 24.3 Å². The van der Waals surface area contributed by atoms with Crippen LogP contribution in [0, 0.1) is 0 Å². The number of nitrogens with one attached hydrogen (secondary N) is 1. The summed E-state index contributed by atoms with van der Waals surface area (Å²) in [5, 5.41) is 12.0. The van der Waals surface area contributed by atoms with Crippen molar-refractivity contribution in [1.29, 1.82) is 0 Å². The van der Waals surface area contributed by atoms with Crippen LogP contribution < -0.4 is 5.32 Å². The van der Waals surface area contributed by atoms with E-state index in [1.54, 1.807) is 11.8 Å². The summed E-state index contributed by atoms with van der Waals surface area (Å²) >= 11 is 5.09. The number of rotatable bonds is 2. The van der Waals surface area contributed by atoms with Gasteiger partial charge in [0, 0.05) is 10.2 Å². The van der Waals surface area contributed by atoms with Gasteiger partial charge in [-0.2, -0.15) is 0 Å². The minimum atomic E-state index is -0.781. The van der Waals surface area contributed by atoms with Crippen LogP contribution in [0.25, 0.3) is 0 Å². The smallest absolute Gasteiger partial charge is 0.321 e. The lowest BCUT2D eigenvalue weighted by molar-refractivity contribution is -0.138. The minimum absolute atomic E-state index is 0.0710. The molecule has 1 heterocycles. The lowest BCUT2D eigenvalue weighted by atomic mass is 10.2. The van der Waals surface area contributed by atoms with E-state index in [-0.39, 0.29) is 5.37 Å².